The summed E-state index contributed by atoms with van der Waals surface area (Å²) in [7, 11) is 0. The monoisotopic (exact) mass is 422 g/mol. The number of hydrogen-bond donors (Lipinski definition) is 0. The van der Waals surface area contributed by atoms with Gasteiger partial charge in [0.05, 0.1) is 0 Å². The number of unbranched alkanes of at least 4 members (excludes halogenated alkanes) is 4. The van der Waals surface area contributed by atoms with Crippen LogP contribution in [0.1, 0.15) is 99.6 Å². The fourth-order valence-corrected chi connectivity index (χ4v) is 4.91. The molecule has 0 saturated carbocycles. The van der Waals surface area contributed by atoms with Gasteiger partial charge in [0.1, 0.15) is 0 Å². The number of benzene rings is 2. The van der Waals surface area contributed by atoms with Crippen LogP contribution in [0.3, 0.4) is 0 Å². The Balaban J connectivity index is 1.52. The molecule has 0 saturated heterocycles. The lowest BCUT2D eigenvalue weighted by molar-refractivity contribution is 0.126. The normalized spacial score (nSPS) is 11.2. The second kappa shape index (κ2) is 15.2. The first kappa shape index (κ1) is 25.7. The van der Waals surface area contributed by atoms with Gasteiger partial charge in [0.2, 0.25) is 0 Å². The highest BCUT2D eigenvalue weighted by atomic mass is 16.5. The highest BCUT2D eigenvalue weighted by Gasteiger charge is 2.06. The Hall–Kier alpha value is -1.60. The maximum atomic E-state index is 5.90. The van der Waals surface area contributed by atoms with Crippen molar-refractivity contribution in [1.29, 1.82) is 0 Å². The Morgan fingerprint density at radius 3 is 1.29 bits per heavy atom. The summed E-state index contributed by atoms with van der Waals surface area (Å²) >= 11 is 0. The van der Waals surface area contributed by atoms with E-state index in [-0.39, 0.29) is 0 Å². The summed E-state index contributed by atoms with van der Waals surface area (Å²) in [4.78, 5) is 0. The Labute approximate surface area is 192 Å². The fraction of sp³-hybridized carbons (Fsp3) is 0.600. The molecular weight excluding hydrogens is 376 g/mol. The molecule has 0 radical (unpaired) electrons. The van der Waals surface area contributed by atoms with E-state index in [0.717, 1.165) is 38.9 Å². The van der Waals surface area contributed by atoms with Crippen LogP contribution in [0.2, 0.25) is 0 Å². The van der Waals surface area contributed by atoms with Gasteiger partial charge in [-0.05, 0) is 97.6 Å². The molecule has 0 bridgehead atoms. The molecule has 0 fully saturated rings. The van der Waals surface area contributed by atoms with E-state index in [0.29, 0.717) is 0 Å². The molecule has 0 heterocycles. The van der Waals surface area contributed by atoms with E-state index in [1.165, 1.54) is 62.5 Å². The highest BCUT2D eigenvalue weighted by Crippen LogP contribution is 2.20. The highest BCUT2D eigenvalue weighted by molar-refractivity contribution is 5.36. The smallest absolute Gasteiger partial charge is 0.0466 e. The molecule has 0 aliphatic heterocycles. The van der Waals surface area contributed by atoms with Crippen LogP contribution in [-0.4, -0.2) is 13.2 Å². The second-order valence-electron chi connectivity index (χ2n) is 8.76. The van der Waals surface area contributed by atoms with E-state index in [2.05, 4.69) is 64.1 Å². The largest absolute Gasteiger partial charge is 0.381 e. The van der Waals surface area contributed by atoms with Crippen molar-refractivity contribution in [2.75, 3.05) is 13.2 Å². The van der Waals surface area contributed by atoms with Gasteiger partial charge in [-0.2, -0.15) is 0 Å². The quantitative estimate of drug-likeness (QED) is 0.248. The van der Waals surface area contributed by atoms with Crippen LogP contribution in [0.15, 0.2) is 36.4 Å². The van der Waals surface area contributed by atoms with Crippen LogP contribution in [0.25, 0.3) is 0 Å². The molecule has 2 rings (SSSR count). The molecule has 1 nitrogen and oxygen atoms in total. The summed E-state index contributed by atoms with van der Waals surface area (Å²) in [6.45, 7) is 11.0. The van der Waals surface area contributed by atoms with E-state index in [1.54, 1.807) is 22.3 Å². The average molecular weight is 423 g/mol. The van der Waals surface area contributed by atoms with Gasteiger partial charge < -0.3 is 4.74 Å². The predicted molar refractivity (Wildman–Crippen MR) is 136 cm³/mol. The van der Waals surface area contributed by atoms with Crippen LogP contribution in [0.4, 0.5) is 0 Å². The lowest BCUT2D eigenvalue weighted by atomic mass is 9.94. The van der Waals surface area contributed by atoms with Crippen molar-refractivity contribution in [3.8, 4) is 0 Å². The van der Waals surface area contributed by atoms with Crippen molar-refractivity contribution >= 4 is 0 Å². The molecule has 0 amide bonds. The van der Waals surface area contributed by atoms with E-state index >= 15 is 0 Å². The van der Waals surface area contributed by atoms with E-state index in [4.69, 9.17) is 4.74 Å². The summed E-state index contributed by atoms with van der Waals surface area (Å²) in [5.41, 5.74) is 9.39. The number of aryl methyl sites for hydroxylation is 4. The summed E-state index contributed by atoms with van der Waals surface area (Å²) < 4.78 is 5.90. The first-order valence-corrected chi connectivity index (χ1v) is 13.0. The number of hydrogen-bond acceptors (Lipinski definition) is 1. The molecule has 1 heteroatoms. The zero-order valence-corrected chi connectivity index (χ0v) is 20.8. The molecule has 172 valence electrons. The second-order valence-corrected chi connectivity index (χ2v) is 8.76. The maximum absolute atomic E-state index is 5.90. The standard InChI is InChI=1S/C30H46O/c1-5-25-19-15-21-27(29(25)7-3)17-11-9-13-23-31-24-14-10-12-18-28-22-16-20-26(6-2)30(28)8-4/h15-16,19-22H,5-14,17-18,23-24H2,1-4H3. The molecule has 0 N–H and O–H groups in total. The van der Waals surface area contributed by atoms with Crippen molar-refractivity contribution in [1.82, 2.24) is 0 Å². The van der Waals surface area contributed by atoms with Crippen LogP contribution >= 0.6 is 0 Å². The lowest BCUT2D eigenvalue weighted by Crippen LogP contribution is -2.01. The van der Waals surface area contributed by atoms with Crippen LogP contribution < -0.4 is 0 Å². The minimum atomic E-state index is 0.925. The molecule has 2 aromatic carbocycles. The number of rotatable bonds is 16. The Bertz CT molecular complexity index is 683. The minimum Gasteiger partial charge on any atom is -0.381 e. The molecular formula is C30H46O. The van der Waals surface area contributed by atoms with Crippen molar-refractivity contribution in [2.45, 2.75) is 105 Å². The third-order valence-corrected chi connectivity index (χ3v) is 6.68. The molecule has 0 aliphatic carbocycles. The van der Waals surface area contributed by atoms with Gasteiger partial charge in [0.15, 0.2) is 0 Å². The van der Waals surface area contributed by atoms with Crippen molar-refractivity contribution in [2.24, 2.45) is 0 Å². The van der Waals surface area contributed by atoms with Gasteiger partial charge >= 0.3 is 0 Å². The first-order valence-electron chi connectivity index (χ1n) is 13.0. The molecule has 2 aromatic rings. The maximum Gasteiger partial charge on any atom is 0.0466 e. The Morgan fingerprint density at radius 1 is 0.484 bits per heavy atom. The first-order chi connectivity index (χ1) is 15.2. The van der Waals surface area contributed by atoms with E-state index in [1.807, 2.05) is 0 Å². The van der Waals surface area contributed by atoms with Crippen LogP contribution in [0, 0.1) is 0 Å². The van der Waals surface area contributed by atoms with Gasteiger partial charge in [-0.25, -0.2) is 0 Å². The number of ether oxygens (including phenoxy) is 1. The van der Waals surface area contributed by atoms with Gasteiger partial charge in [0, 0.05) is 13.2 Å². The zero-order chi connectivity index (χ0) is 22.3. The lowest BCUT2D eigenvalue weighted by Gasteiger charge is -2.13. The summed E-state index contributed by atoms with van der Waals surface area (Å²) in [6, 6.07) is 13.7. The van der Waals surface area contributed by atoms with Gasteiger partial charge in [-0.15, -0.1) is 0 Å². The van der Waals surface area contributed by atoms with E-state index in [9.17, 15) is 0 Å². The SMILES string of the molecule is CCc1cccc(CCCCCOCCCCCc2cccc(CC)c2CC)c1CC. The third-order valence-electron chi connectivity index (χ3n) is 6.68. The van der Waals surface area contributed by atoms with Crippen LogP contribution in [0.5, 0.6) is 0 Å². The predicted octanol–water partition coefficient (Wildman–Crippen LogP) is 8.08. The van der Waals surface area contributed by atoms with E-state index < -0.39 is 0 Å². The molecule has 31 heavy (non-hydrogen) atoms. The van der Waals surface area contributed by atoms with Crippen molar-refractivity contribution in [3.63, 3.8) is 0 Å². The summed E-state index contributed by atoms with van der Waals surface area (Å²) in [5, 5.41) is 0. The van der Waals surface area contributed by atoms with Gasteiger partial charge in [-0.3, -0.25) is 0 Å². The zero-order valence-electron chi connectivity index (χ0n) is 20.8. The third kappa shape index (κ3) is 8.45. The van der Waals surface area contributed by atoms with Gasteiger partial charge in [0.25, 0.3) is 0 Å². The topological polar surface area (TPSA) is 9.23 Å². The molecule has 0 spiro atoms. The Kier molecular flexibility index (Phi) is 12.6. The van der Waals surface area contributed by atoms with Crippen molar-refractivity contribution < 1.29 is 4.74 Å². The summed E-state index contributed by atoms with van der Waals surface area (Å²) in [6.07, 6.45) is 14.5. The molecule has 0 aromatic heterocycles. The molecule has 0 aliphatic rings. The molecule has 0 atom stereocenters. The van der Waals surface area contributed by atoms with Crippen LogP contribution in [-0.2, 0) is 43.3 Å². The minimum absolute atomic E-state index is 0.925. The average Bonchev–Trinajstić information content (AvgIpc) is 2.81. The van der Waals surface area contributed by atoms with Gasteiger partial charge in [-0.1, -0.05) is 76.9 Å². The molecule has 0 unspecified atom stereocenters. The Morgan fingerprint density at radius 2 is 0.903 bits per heavy atom. The van der Waals surface area contributed by atoms with Crippen molar-refractivity contribution in [3.05, 3.63) is 69.8 Å². The fourth-order valence-electron chi connectivity index (χ4n) is 4.91. The summed E-state index contributed by atoms with van der Waals surface area (Å²) in [5.74, 6) is 0.